The summed E-state index contributed by atoms with van der Waals surface area (Å²) in [5.74, 6) is 3.03. The van der Waals surface area contributed by atoms with Gasteiger partial charge in [-0.1, -0.05) is 25.7 Å². The van der Waals surface area contributed by atoms with E-state index in [1.54, 1.807) is 0 Å². The van der Waals surface area contributed by atoms with Crippen molar-refractivity contribution in [2.24, 2.45) is 17.8 Å². The quantitative estimate of drug-likeness (QED) is 0.425. The molecule has 24 heavy (non-hydrogen) atoms. The molecular formula is C20H28Rb2Y2-2. The smallest absolute Gasteiger partial charge is 0 e. The van der Waals surface area contributed by atoms with Crippen molar-refractivity contribution in [3.63, 3.8) is 0 Å². The van der Waals surface area contributed by atoms with Crippen LogP contribution in [0, 0.1) is 30.2 Å². The van der Waals surface area contributed by atoms with Gasteiger partial charge < -0.3 is 6.42 Å². The van der Waals surface area contributed by atoms with Crippen LogP contribution in [-0.4, -0.2) is 116 Å². The minimum absolute atomic E-state index is 0. The summed E-state index contributed by atoms with van der Waals surface area (Å²) in [6.07, 6.45) is 16.9. The monoisotopic (exact) mass is 616 g/mol. The van der Waals surface area contributed by atoms with Gasteiger partial charge in [0.05, 0.1) is 0 Å². The van der Waals surface area contributed by atoms with Gasteiger partial charge in [0.2, 0.25) is 0 Å². The molecule has 0 saturated heterocycles. The topological polar surface area (TPSA) is 0 Å². The number of rotatable bonds is 4. The molecule has 2 aliphatic carbocycles. The third-order valence-electron chi connectivity index (χ3n) is 5.50. The van der Waals surface area contributed by atoms with Gasteiger partial charge in [-0.25, -0.2) is 0 Å². The standard InChI is InChI=1S/C20H28.2Rb.2Y/c1-3-7-17(8-4-1)15-19-11-13-20(14-12-19)16-18-9-5-2-6-10-18;;;;/h1,5-6,9-10,17,19-20H,3-4,7-8,11-16H2;;;;/q-2;;;;. The van der Waals surface area contributed by atoms with Crippen molar-refractivity contribution in [2.75, 3.05) is 0 Å². The van der Waals surface area contributed by atoms with Gasteiger partial charge in [-0.15, -0.1) is 0 Å². The summed E-state index contributed by atoms with van der Waals surface area (Å²) in [6, 6.07) is 11.7. The van der Waals surface area contributed by atoms with E-state index in [0.29, 0.717) is 0 Å². The molecule has 0 nitrogen and oxygen atoms in total. The summed E-state index contributed by atoms with van der Waals surface area (Å²) in [7, 11) is 0. The molecule has 0 unspecified atom stereocenters. The molecule has 0 atom stereocenters. The molecular weight excluding hydrogens is 589 g/mol. The van der Waals surface area contributed by atoms with Crippen LogP contribution < -0.4 is 0 Å². The summed E-state index contributed by atoms with van der Waals surface area (Å²) < 4.78 is 0. The first-order chi connectivity index (χ1) is 9.90. The molecule has 3 rings (SSSR count). The van der Waals surface area contributed by atoms with Crippen molar-refractivity contribution >= 4 is 116 Å². The molecule has 4 radical (unpaired) electrons. The van der Waals surface area contributed by atoms with Gasteiger partial charge in [0.25, 0.3) is 0 Å². The summed E-state index contributed by atoms with van der Waals surface area (Å²) >= 11 is 0. The van der Waals surface area contributed by atoms with Gasteiger partial charge in [-0.05, 0) is 43.4 Å². The first-order valence-corrected chi connectivity index (χ1v) is 8.67. The number of benzene rings is 1. The molecule has 2 aliphatic rings. The van der Waals surface area contributed by atoms with Crippen LogP contribution in [-0.2, 0) is 71.8 Å². The molecule has 4 heteroatoms. The van der Waals surface area contributed by atoms with Gasteiger partial charge in [0.1, 0.15) is 0 Å². The van der Waals surface area contributed by atoms with Crippen molar-refractivity contribution < 1.29 is 65.4 Å². The van der Waals surface area contributed by atoms with Crippen LogP contribution in [0.4, 0.5) is 0 Å². The zero-order valence-corrected chi connectivity index (χ0v) is 31.4. The number of hydrogen-bond acceptors (Lipinski definition) is 0. The van der Waals surface area contributed by atoms with Gasteiger partial charge >= 0.3 is 0 Å². The second-order valence-electron chi connectivity index (χ2n) is 7.04. The second kappa shape index (κ2) is 18.8. The molecule has 0 bridgehead atoms. The predicted octanol–water partition coefficient (Wildman–Crippen LogP) is 4.85. The van der Waals surface area contributed by atoms with Crippen LogP contribution in [0.25, 0.3) is 0 Å². The van der Waals surface area contributed by atoms with Crippen LogP contribution in [0.5, 0.6) is 0 Å². The average Bonchev–Trinajstić information content (AvgIpc) is 2.51. The van der Waals surface area contributed by atoms with E-state index >= 15 is 0 Å². The van der Waals surface area contributed by atoms with Crippen LogP contribution in [0.1, 0.15) is 63.4 Å². The first-order valence-electron chi connectivity index (χ1n) is 8.67. The summed E-state index contributed by atoms with van der Waals surface area (Å²) in [6.45, 7) is 0. The van der Waals surface area contributed by atoms with E-state index in [0.717, 1.165) is 17.8 Å². The SMILES string of the molecule is [Rb].[Rb].[Y].[Y].[c-]1ccc(CC2CCC(CC3CC[CH-]CC3)CC2)cc1. The Labute approximate surface area is 298 Å². The van der Waals surface area contributed by atoms with E-state index in [1.165, 1.54) is 69.8 Å². The van der Waals surface area contributed by atoms with Crippen molar-refractivity contribution in [2.45, 2.75) is 64.2 Å². The van der Waals surface area contributed by atoms with Crippen LogP contribution in [0.15, 0.2) is 24.3 Å². The molecule has 1 aromatic rings. The Hall–Kier alpha value is 5.04. The van der Waals surface area contributed by atoms with Crippen molar-refractivity contribution in [3.8, 4) is 0 Å². The molecule has 0 aliphatic heterocycles. The summed E-state index contributed by atoms with van der Waals surface area (Å²) in [4.78, 5) is 0. The summed E-state index contributed by atoms with van der Waals surface area (Å²) in [5.41, 5.74) is 1.51. The maximum Gasteiger partial charge on any atom is 0 e. The van der Waals surface area contributed by atoms with Crippen molar-refractivity contribution in [1.29, 1.82) is 0 Å². The Bertz CT molecular complexity index is 386. The fraction of sp³-hybridized carbons (Fsp3) is 0.650. The van der Waals surface area contributed by atoms with E-state index in [4.69, 9.17) is 0 Å². The Kier molecular flexibility index (Phi) is 24.4. The molecule has 0 heterocycles. The maximum absolute atomic E-state index is 3.12. The Morgan fingerprint density at radius 1 is 0.792 bits per heavy atom. The van der Waals surface area contributed by atoms with Gasteiger partial charge in [0, 0.05) is 182 Å². The third kappa shape index (κ3) is 12.0. The molecule has 2 fully saturated rings. The minimum Gasteiger partial charge on any atom is -0.328 e. The van der Waals surface area contributed by atoms with Crippen molar-refractivity contribution in [3.05, 3.63) is 42.3 Å². The molecule has 2 saturated carbocycles. The second-order valence-corrected chi connectivity index (χ2v) is 7.04. The molecule has 118 valence electrons. The van der Waals surface area contributed by atoms with E-state index in [1.807, 2.05) is 0 Å². The molecule has 0 amide bonds. The minimum atomic E-state index is 0. The Morgan fingerprint density at radius 2 is 1.29 bits per heavy atom. The fourth-order valence-corrected chi connectivity index (χ4v) is 4.27. The van der Waals surface area contributed by atoms with E-state index in [9.17, 15) is 0 Å². The largest absolute Gasteiger partial charge is 0.328 e. The number of hydrogen-bond donors (Lipinski definition) is 0. The van der Waals surface area contributed by atoms with Gasteiger partial charge in [0.15, 0.2) is 0 Å². The van der Waals surface area contributed by atoms with Crippen molar-refractivity contribution in [1.82, 2.24) is 0 Å². The Morgan fingerprint density at radius 3 is 1.88 bits per heavy atom. The van der Waals surface area contributed by atoms with Crippen LogP contribution in [0.3, 0.4) is 0 Å². The molecule has 0 aromatic heterocycles. The summed E-state index contributed by atoms with van der Waals surface area (Å²) in [5, 5.41) is 0. The zero-order chi connectivity index (χ0) is 13.6. The van der Waals surface area contributed by atoms with Crippen LogP contribution in [0.2, 0.25) is 0 Å². The predicted molar refractivity (Wildman–Crippen MR) is 96.8 cm³/mol. The fourth-order valence-electron chi connectivity index (χ4n) is 4.27. The van der Waals surface area contributed by atoms with Gasteiger partial charge in [-0.2, -0.15) is 48.7 Å². The normalized spacial score (nSPS) is 23.7. The van der Waals surface area contributed by atoms with E-state index in [-0.39, 0.29) is 182 Å². The Balaban J connectivity index is 0. The molecule has 0 spiro atoms. The van der Waals surface area contributed by atoms with Crippen LogP contribution >= 0.6 is 0 Å². The third-order valence-corrected chi connectivity index (χ3v) is 5.50. The zero-order valence-electron chi connectivity index (χ0n) is 15.8. The first kappa shape index (κ1) is 31.2. The maximum atomic E-state index is 3.12. The molecule has 1 aromatic carbocycles. The van der Waals surface area contributed by atoms with Gasteiger partial charge in [-0.3, -0.25) is 0 Å². The molecule has 0 N–H and O–H groups in total. The van der Waals surface area contributed by atoms with E-state index in [2.05, 4.69) is 36.8 Å². The van der Waals surface area contributed by atoms with E-state index < -0.39 is 0 Å². The average molecular weight is 617 g/mol.